The second-order valence-corrected chi connectivity index (χ2v) is 13.1. The summed E-state index contributed by atoms with van der Waals surface area (Å²) in [5, 5.41) is 12.9. The monoisotopic (exact) mass is 568 g/mol. The summed E-state index contributed by atoms with van der Waals surface area (Å²) in [4.78, 5) is 34.0. The number of hydrogen-bond acceptors (Lipinski definition) is 5. The first-order chi connectivity index (χ1) is 20.3. The van der Waals surface area contributed by atoms with E-state index in [4.69, 9.17) is 0 Å². The summed E-state index contributed by atoms with van der Waals surface area (Å²) >= 11 is 0. The number of anilines is 1. The van der Waals surface area contributed by atoms with Crippen molar-refractivity contribution in [1.29, 1.82) is 0 Å². The molecule has 7 nitrogen and oxygen atoms in total. The standard InChI is InChI=1S/C34H37FN4O3/c35-31-15-26(3-6-30(31)27-14-29(40)20-36-19-27)33(42)39-9-7-38(8-10-39)28-4-1-25(2-5-28)32(41)37-21-34-16-22-11-23(17-34)13-24(12-22)18-34/h1-6,14-15,19-20,22-24,40H,7-13,16-18,21H2,(H,37,41). The second kappa shape index (κ2) is 10.7. The normalized spacial score (nSPS) is 26.4. The summed E-state index contributed by atoms with van der Waals surface area (Å²) in [6, 6.07) is 13.6. The molecule has 0 atom stereocenters. The lowest BCUT2D eigenvalue weighted by Gasteiger charge is -2.56. The van der Waals surface area contributed by atoms with Crippen molar-refractivity contribution in [2.24, 2.45) is 23.2 Å². The van der Waals surface area contributed by atoms with Gasteiger partial charge in [-0.15, -0.1) is 0 Å². The van der Waals surface area contributed by atoms with Gasteiger partial charge in [-0.2, -0.15) is 0 Å². The maximum Gasteiger partial charge on any atom is 0.254 e. The number of nitrogens with zero attached hydrogens (tertiary/aromatic N) is 3. The Morgan fingerprint density at radius 3 is 2.14 bits per heavy atom. The van der Waals surface area contributed by atoms with Crippen LogP contribution in [0.4, 0.5) is 10.1 Å². The SMILES string of the molecule is O=C(NCC12CC3CC(CC(C3)C1)C2)c1ccc(N2CCN(C(=O)c3ccc(-c4cncc(O)c4)c(F)c3)CC2)cc1. The Morgan fingerprint density at radius 1 is 0.881 bits per heavy atom. The predicted octanol–water partition coefficient (Wildman–Crippen LogP) is 5.50. The summed E-state index contributed by atoms with van der Waals surface area (Å²) in [6.07, 6.45) is 10.8. The zero-order chi connectivity index (χ0) is 28.8. The number of carbonyl (C=O) groups excluding carboxylic acids is 2. The van der Waals surface area contributed by atoms with Crippen molar-refractivity contribution in [3.05, 3.63) is 77.9 Å². The van der Waals surface area contributed by atoms with Crippen molar-refractivity contribution < 1.29 is 19.1 Å². The molecule has 5 aliphatic rings. The Hall–Kier alpha value is -3.94. The first kappa shape index (κ1) is 26.9. The van der Waals surface area contributed by atoms with Crippen molar-refractivity contribution in [2.45, 2.75) is 38.5 Å². The van der Waals surface area contributed by atoms with Crippen LogP contribution in [0.15, 0.2) is 60.9 Å². The van der Waals surface area contributed by atoms with Gasteiger partial charge in [0.25, 0.3) is 11.8 Å². The van der Waals surface area contributed by atoms with Crippen LogP contribution in [-0.2, 0) is 0 Å². The lowest BCUT2D eigenvalue weighted by Crippen LogP contribution is -2.51. The maximum atomic E-state index is 14.9. The van der Waals surface area contributed by atoms with Gasteiger partial charge in [0.2, 0.25) is 0 Å². The highest BCUT2D eigenvalue weighted by molar-refractivity contribution is 5.95. The van der Waals surface area contributed by atoms with Gasteiger partial charge in [0.1, 0.15) is 11.6 Å². The summed E-state index contributed by atoms with van der Waals surface area (Å²) in [6.45, 7) is 3.14. The van der Waals surface area contributed by atoms with Crippen LogP contribution in [0.2, 0.25) is 0 Å². The second-order valence-electron chi connectivity index (χ2n) is 13.1. The number of halogens is 1. The van der Waals surface area contributed by atoms with E-state index in [0.717, 1.165) is 30.0 Å². The Morgan fingerprint density at radius 2 is 1.52 bits per heavy atom. The van der Waals surface area contributed by atoms with E-state index in [0.29, 0.717) is 48.3 Å². The third kappa shape index (κ3) is 5.23. The Balaban J connectivity index is 0.927. The summed E-state index contributed by atoms with van der Waals surface area (Å²) < 4.78 is 14.9. The molecule has 1 aliphatic heterocycles. The first-order valence-electron chi connectivity index (χ1n) is 15.2. The summed E-state index contributed by atoms with van der Waals surface area (Å²) in [5.41, 5.74) is 3.05. The Kier molecular flexibility index (Phi) is 6.87. The number of carbonyl (C=O) groups is 2. The fourth-order valence-corrected chi connectivity index (χ4v) is 8.51. The minimum Gasteiger partial charge on any atom is -0.506 e. The number of aromatic hydroxyl groups is 1. The minimum atomic E-state index is -0.533. The molecule has 2 aromatic carbocycles. The van der Waals surface area contributed by atoms with Crippen molar-refractivity contribution in [3.8, 4) is 16.9 Å². The highest BCUT2D eigenvalue weighted by atomic mass is 19.1. The van der Waals surface area contributed by atoms with Crippen molar-refractivity contribution in [2.75, 3.05) is 37.6 Å². The molecule has 218 valence electrons. The molecular weight excluding hydrogens is 531 g/mol. The van der Waals surface area contributed by atoms with E-state index >= 15 is 0 Å². The lowest BCUT2D eigenvalue weighted by atomic mass is 9.49. The minimum absolute atomic E-state index is 0.00582. The number of amides is 2. The van der Waals surface area contributed by atoms with Gasteiger partial charge < -0.3 is 20.2 Å². The molecule has 5 fully saturated rings. The van der Waals surface area contributed by atoms with Crippen molar-refractivity contribution >= 4 is 17.5 Å². The molecule has 2 amide bonds. The largest absolute Gasteiger partial charge is 0.506 e. The molecule has 1 saturated heterocycles. The molecule has 3 aromatic rings. The van der Waals surface area contributed by atoms with Gasteiger partial charge in [-0.1, -0.05) is 6.07 Å². The fraction of sp³-hybridized carbons (Fsp3) is 0.441. The molecular formula is C34H37FN4O3. The zero-order valence-corrected chi connectivity index (χ0v) is 23.8. The highest BCUT2D eigenvalue weighted by Crippen LogP contribution is 2.59. The van der Waals surface area contributed by atoms with Gasteiger partial charge in [0.05, 0.1) is 6.20 Å². The van der Waals surface area contributed by atoms with Crippen LogP contribution in [0.25, 0.3) is 11.1 Å². The third-order valence-electron chi connectivity index (χ3n) is 10.1. The molecule has 42 heavy (non-hydrogen) atoms. The highest BCUT2D eigenvalue weighted by Gasteiger charge is 2.50. The van der Waals surface area contributed by atoms with Crippen LogP contribution in [0.3, 0.4) is 0 Å². The number of nitrogens with one attached hydrogen (secondary N) is 1. The molecule has 2 heterocycles. The lowest BCUT2D eigenvalue weighted by molar-refractivity contribution is -0.0503. The zero-order valence-electron chi connectivity index (χ0n) is 23.8. The maximum absolute atomic E-state index is 14.9. The van der Waals surface area contributed by atoms with Crippen LogP contribution in [0, 0.1) is 29.0 Å². The quantitative estimate of drug-likeness (QED) is 0.410. The summed E-state index contributed by atoms with van der Waals surface area (Å²) in [7, 11) is 0. The van der Waals surface area contributed by atoms with Crippen LogP contribution in [0.5, 0.6) is 5.75 Å². The molecule has 0 spiro atoms. The number of hydrogen-bond donors (Lipinski definition) is 2. The smallest absolute Gasteiger partial charge is 0.254 e. The Labute approximate surface area is 245 Å². The van der Waals surface area contributed by atoms with Crippen LogP contribution < -0.4 is 10.2 Å². The molecule has 0 unspecified atom stereocenters. The first-order valence-corrected chi connectivity index (χ1v) is 15.2. The van der Waals surface area contributed by atoms with Gasteiger partial charge in [-0.3, -0.25) is 14.6 Å². The molecule has 1 aromatic heterocycles. The Bertz CT molecular complexity index is 1460. The van der Waals surface area contributed by atoms with Crippen molar-refractivity contribution in [3.63, 3.8) is 0 Å². The molecule has 4 saturated carbocycles. The van der Waals surface area contributed by atoms with Gasteiger partial charge in [0, 0.05) is 66.9 Å². The molecule has 8 heteroatoms. The fourth-order valence-electron chi connectivity index (χ4n) is 8.51. The molecule has 8 rings (SSSR count). The van der Waals surface area contributed by atoms with E-state index in [2.05, 4.69) is 15.2 Å². The number of aromatic nitrogens is 1. The molecule has 4 bridgehead atoms. The number of benzene rings is 2. The average molecular weight is 569 g/mol. The third-order valence-corrected chi connectivity index (χ3v) is 10.1. The molecule has 2 N–H and O–H groups in total. The number of piperazine rings is 1. The van der Waals surface area contributed by atoms with Crippen molar-refractivity contribution in [1.82, 2.24) is 15.2 Å². The van der Waals surface area contributed by atoms with E-state index in [9.17, 15) is 19.1 Å². The van der Waals surface area contributed by atoms with Gasteiger partial charge in [0.15, 0.2) is 0 Å². The van der Waals surface area contributed by atoms with E-state index in [-0.39, 0.29) is 23.1 Å². The van der Waals surface area contributed by atoms with Gasteiger partial charge in [-0.05, 0) is 104 Å². The van der Waals surface area contributed by atoms with Gasteiger partial charge in [-0.25, -0.2) is 4.39 Å². The van der Waals surface area contributed by atoms with Gasteiger partial charge >= 0.3 is 0 Å². The van der Waals surface area contributed by atoms with Crippen LogP contribution in [0.1, 0.15) is 59.2 Å². The predicted molar refractivity (Wildman–Crippen MR) is 159 cm³/mol. The average Bonchev–Trinajstić information content (AvgIpc) is 2.99. The number of pyridine rings is 1. The number of rotatable bonds is 6. The van der Waals surface area contributed by atoms with E-state index in [1.807, 2.05) is 24.3 Å². The van der Waals surface area contributed by atoms with E-state index in [1.165, 1.54) is 63.1 Å². The van der Waals surface area contributed by atoms with Crippen LogP contribution >= 0.6 is 0 Å². The van der Waals surface area contributed by atoms with Crippen LogP contribution in [-0.4, -0.2) is 59.5 Å². The van der Waals surface area contributed by atoms with E-state index in [1.54, 1.807) is 17.0 Å². The van der Waals surface area contributed by atoms with E-state index < -0.39 is 5.82 Å². The molecule has 0 radical (unpaired) electrons. The summed E-state index contributed by atoms with van der Waals surface area (Å²) in [5.74, 6) is 1.84. The molecule has 4 aliphatic carbocycles. The topological polar surface area (TPSA) is 85.8 Å².